The number of allylic oxidation sites excluding steroid dienone is 5. The molecule has 0 aromatic carbocycles. The highest BCUT2D eigenvalue weighted by atomic mass is 15.2. The Morgan fingerprint density at radius 3 is 2.93 bits per heavy atom. The topological polar surface area (TPSA) is 15.6 Å². The summed E-state index contributed by atoms with van der Waals surface area (Å²) in [5, 5.41) is 0. The molecule has 0 bridgehead atoms. The first-order chi connectivity index (χ1) is 6.79. The first kappa shape index (κ1) is 10.8. The number of hydrogen-bond donors (Lipinski definition) is 0. The van der Waals surface area contributed by atoms with Crippen molar-refractivity contribution in [3.8, 4) is 0 Å². The van der Waals surface area contributed by atoms with Crippen molar-refractivity contribution in [1.29, 1.82) is 0 Å². The Labute approximate surface area is 86.3 Å². The summed E-state index contributed by atoms with van der Waals surface area (Å²) in [5.41, 5.74) is 1.26. The van der Waals surface area contributed by atoms with Gasteiger partial charge in [-0.05, 0) is 39.3 Å². The molecule has 2 heteroatoms. The van der Waals surface area contributed by atoms with E-state index in [2.05, 4.69) is 42.0 Å². The smallest absolute Gasteiger partial charge is 0.128 e. The third kappa shape index (κ3) is 2.59. The number of hydrogen-bond acceptors (Lipinski definition) is 2. The van der Waals surface area contributed by atoms with Crippen LogP contribution < -0.4 is 0 Å². The Hall–Kier alpha value is -1.31. The molecule has 0 fully saturated rings. The molecule has 2 nitrogen and oxygen atoms in total. The van der Waals surface area contributed by atoms with Crippen LogP contribution in [0.4, 0.5) is 0 Å². The summed E-state index contributed by atoms with van der Waals surface area (Å²) in [6, 6.07) is 0. The van der Waals surface area contributed by atoms with E-state index in [0.29, 0.717) is 0 Å². The van der Waals surface area contributed by atoms with Crippen LogP contribution in [0.3, 0.4) is 0 Å². The van der Waals surface area contributed by atoms with Gasteiger partial charge >= 0.3 is 0 Å². The predicted octanol–water partition coefficient (Wildman–Crippen LogP) is 3.10. The maximum absolute atomic E-state index is 4.36. The minimum absolute atomic E-state index is 0.951. The fourth-order valence-corrected chi connectivity index (χ4v) is 1.45. The first-order valence-electron chi connectivity index (χ1n) is 5.09. The number of nitrogens with zero attached hydrogens (tertiary/aromatic N) is 2. The summed E-state index contributed by atoms with van der Waals surface area (Å²) >= 11 is 0. The Bertz CT molecular complexity index is 295. The summed E-state index contributed by atoms with van der Waals surface area (Å²) in [4.78, 5) is 6.57. The second-order valence-corrected chi connectivity index (χ2v) is 3.20. The van der Waals surface area contributed by atoms with E-state index >= 15 is 0 Å². The monoisotopic (exact) mass is 190 g/mol. The summed E-state index contributed by atoms with van der Waals surface area (Å²) in [6.45, 7) is 7.26. The maximum atomic E-state index is 4.36. The standard InChI is InChI=1S/C12H18N2/c1-4-6-7-8-12-13-10-9-11(3)14(12)5-2/h4,6,8-10H,5,7H2,1-3H3/b6-4-,12-8-. The highest BCUT2D eigenvalue weighted by Gasteiger charge is 2.09. The highest BCUT2D eigenvalue weighted by molar-refractivity contribution is 5.74. The molecule has 1 aliphatic heterocycles. The molecule has 76 valence electrons. The zero-order valence-electron chi connectivity index (χ0n) is 9.20. The molecule has 1 rings (SSSR count). The van der Waals surface area contributed by atoms with Crippen molar-refractivity contribution in [1.82, 2.24) is 4.90 Å². The van der Waals surface area contributed by atoms with Crippen molar-refractivity contribution in [2.24, 2.45) is 4.99 Å². The fraction of sp³-hybridized carbons (Fsp3) is 0.417. The molecular formula is C12H18N2. The number of rotatable bonds is 3. The van der Waals surface area contributed by atoms with Crippen molar-refractivity contribution in [3.63, 3.8) is 0 Å². The van der Waals surface area contributed by atoms with E-state index in [4.69, 9.17) is 0 Å². The molecule has 0 aliphatic carbocycles. The van der Waals surface area contributed by atoms with Crippen molar-refractivity contribution >= 4 is 6.21 Å². The Kier molecular flexibility index (Phi) is 4.17. The van der Waals surface area contributed by atoms with Crippen LogP contribution >= 0.6 is 0 Å². The van der Waals surface area contributed by atoms with Gasteiger partial charge in [-0.1, -0.05) is 12.2 Å². The van der Waals surface area contributed by atoms with Crippen molar-refractivity contribution in [3.05, 3.63) is 35.8 Å². The molecular weight excluding hydrogens is 172 g/mol. The van der Waals surface area contributed by atoms with E-state index in [1.165, 1.54) is 5.70 Å². The normalized spacial score (nSPS) is 19.5. The highest BCUT2D eigenvalue weighted by Crippen LogP contribution is 2.17. The zero-order valence-corrected chi connectivity index (χ0v) is 9.20. The molecule has 0 amide bonds. The van der Waals surface area contributed by atoms with Crippen LogP contribution in [0.25, 0.3) is 0 Å². The van der Waals surface area contributed by atoms with Crippen LogP contribution in [0, 0.1) is 0 Å². The molecule has 1 aliphatic rings. The molecule has 0 unspecified atom stereocenters. The molecule has 0 aromatic rings. The average molecular weight is 190 g/mol. The van der Waals surface area contributed by atoms with Gasteiger partial charge in [0.15, 0.2) is 0 Å². The van der Waals surface area contributed by atoms with Crippen LogP contribution in [-0.2, 0) is 0 Å². The average Bonchev–Trinajstić information content (AvgIpc) is 2.18. The summed E-state index contributed by atoms with van der Waals surface area (Å²) < 4.78 is 0. The number of aliphatic imine (C=N–C) groups is 1. The van der Waals surface area contributed by atoms with Gasteiger partial charge in [-0.2, -0.15) is 0 Å². The third-order valence-corrected chi connectivity index (χ3v) is 2.21. The van der Waals surface area contributed by atoms with Crippen LogP contribution in [0.2, 0.25) is 0 Å². The zero-order chi connectivity index (χ0) is 10.4. The Morgan fingerprint density at radius 1 is 1.50 bits per heavy atom. The molecule has 0 spiro atoms. The van der Waals surface area contributed by atoms with Gasteiger partial charge in [-0.25, -0.2) is 4.99 Å². The van der Waals surface area contributed by atoms with E-state index in [9.17, 15) is 0 Å². The molecule has 0 aromatic heterocycles. The molecule has 1 heterocycles. The molecule has 0 saturated heterocycles. The van der Waals surface area contributed by atoms with Gasteiger partial charge in [0.2, 0.25) is 0 Å². The van der Waals surface area contributed by atoms with Gasteiger partial charge in [0, 0.05) is 18.5 Å². The van der Waals surface area contributed by atoms with E-state index in [-0.39, 0.29) is 0 Å². The SMILES string of the molecule is C/C=C\C/C=C1/N=CC=C(C)N1CC. The lowest BCUT2D eigenvalue weighted by Gasteiger charge is -2.25. The van der Waals surface area contributed by atoms with E-state index < -0.39 is 0 Å². The van der Waals surface area contributed by atoms with E-state index in [1.54, 1.807) is 0 Å². The second-order valence-electron chi connectivity index (χ2n) is 3.20. The van der Waals surface area contributed by atoms with Crippen molar-refractivity contribution < 1.29 is 0 Å². The maximum Gasteiger partial charge on any atom is 0.128 e. The van der Waals surface area contributed by atoms with Crippen LogP contribution in [-0.4, -0.2) is 17.7 Å². The lowest BCUT2D eigenvalue weighted by atomic mass is 10.3. The Balaban J connectivity index is 2.73. The van der Waals surface area contributed by atoms with Gasteiger partial charge in [0.1, 0.15) is 5.82 Å². The minimum atomic E-state index is 0.951. The van der Waals surface area contributed by atoms with Crippen molar-refractivity contribution in [2.45, 2.75) is 27.2 Å². The quantitative estimate of drug-likeness (QED) is 0.624. The second kappa shape index (κ2) is 5.43. The fourth-order valence-electron chi connectivity index (χ4n) is 1.45. The van der Waals surface area contributed by atoms with Crippen LogP contribution in [0.15, 0.2) is 40.8 Å². The molecule has 0 N–H and O–H groups in total. The molecule has 0 radical (unpaired) electrons. The lowest BCUT2D eigenvalue weighted by molar-refractivity contribution is 0.442. The van der Waals surface area contributed by atoms with Crippen LogP contribution in [0.1, 0.15) is 27.2 Å². The third-order valence-electron chi connectivity index (χ3n) is 2.21. The van der Waals surface area contributed by atoms with Crippen LogP contribution in [0.5, 0.6) is 0 Å². The van der Waals surface area contributed by atoms with Gasteiger partial charge in [0.25, 0.3) is 0 Å². The summed E-state index contributed by atoms with van der Waals surface area (Å²) in [5.74, 6) is 1.06. The minimum Gasteiger partial charge on any atom is -0.331 e. The summed E-state index contributed by atoms with van der Waals surface area (Å²) in [6.07, 6.45) is 11.2. The van der Waals surface area contributed by atoms with Gasteiger partial charge in [0.05, 0.1) is 0 Å². The molecule has 0 saturated carbocycles. The Morgan fingerprint density at radius 2 is 2.29 bits per heavy atom. The predicted molar refractivity (Wildman–Crippen MR) is 62.1 cm³/mol. The van der Waals surface area contributed by atoms with E-state index in [1.807, 2.05) is 19.2 Å². The van der Waals surface area contributed by atoms with Gasteiger partial charge in [-0.15, -0.1) is 0 Å². The van der Waals surface area contributed by atoms with Gasteiger partial charge in [-0.3, -0.25) is 0 Å². The van der Waals surface area contributed by atoms with E-state index in [0.717, 1.165) is 18.8 Å². The first-order valence-corrected chi connectivity index (χ1v) is 5.09. The summed E-state index contributed by atoms with van der Waals surface area (Å²) in [7, 11) is 0. The van der Waals surface area contributed by atoms with Crippen molar-refractivity contribution in [2.75, 3.05) is 6.54 Å². The molecule has 0 atom stereocenters. The molecule has 14 heavy (non-hydrogen) atoms. The van der Waals surface area contributed by atoms with Gasteiger partial charge < -0.3 is 4.90 Å². The lowest BCUT2D eigenvalue weighted by Crippen LogP contribution is -2.22. The largest absolute Gasteiger partial charge is 0.331 e.